The van der Waals surface area contributed by atoms with Crippen LogP contribution in [0.25, 0.3) is 10.8 Å². The van der Waals surface area contributed by atoms with Crippen LogP contribution < -0.4 is 5.43 Å². The lowest BCUT2D eigenvalue weighted by Crippen LogP contribution is -2.18. The number of fused-ring (bicyclic) bond motifs is 1. The molecule has 0 bridgehead atoms. The van der Waals surface area contributed by atoms with Crippen LogP contribution in [0.4, 0.5) is 0 Å². The van der Waals surface area contributed by atoms with Gasteiger partial charge in [-0.2, -0.15) is 5.10 Å². The van der Waals surface area contributed by atoms with Crippen molar-refractivity contribution in [3.8, 4) is 5.75 Å². The van der Waals surface area contributed by atoms with E-state index in [1.54, 1.807) is 30.3 Å². The predicted molar refractivity (Wildman–Crippen MR) is 99.8 cm³/mol. The van der Waals surface area contributed by atoms with Crippen molar-refractivity contribution in [2.24, 2.45) is 5.10 Å². The molecule has 6 heteroatoms. The number of hydrogen-bond donors (Lipinski definition) is 2. The van der Waals surface area contributed by atoms with Gasteiger partial charge in [0, 0.05) is 10.0 Å². The van der Waals surface area contributed by atoms with Gasteiger partial charge in [-0.05, 0) is 41.1 Å². The second-order valence-corrected chi connectivity index (χ2v) is 6.37. The lowest BCUT2D eigenvalue weighted by molar-refractivity contribution is 0.0955. The molecule has 0 aliphatic carbocycles. The van der Waals surface area contributed by atoms with E-state index in [-0.39, 0.29) is 5.75 Å². The third-order valence-electron chi connectivity index (χ3n) is 3.48. The fourth-order valence-electron chi connectivity index (χ4n) is 2.31. The summed E-state index contributed by atoms with van der Waals surface area (Å²) < 4.78 is 0.940. The number of nitrogens with one attached hydrogen (secondary N) is 1. The van der Waals surface area contributed by atoms with E-state index in [1.807, 2.05) is 24.3 Å². The number of nitrogens with zero attached hydrogens (tertiary/aromatic N) is 1. The molecule has 3 aromatic rings. The first-order chi connectivity index (χ1) is 11.6. The molecular weight excluding hydrogens is 392 g/mol. The van der Waals surface area contributed by atoms with Crippen LogP contribution >= 0.6 is 27.5 Å². The minimum atomic E-state index is -0.417. The zero-order valence-electron chi connectivity index (χ0n) is 12.3. The lowest BCUT2D eigenvalue weighted by atomic mass is 10.0. The molecular formula is C18H12BrClN2O2. The van der Waals surface area contributed by atoms with E-state index in [4.69, 9.17) is 11.6 Å². The SMILES string of the molecule is O=C(N/N=C\c1c(O)ccc2cc(Br)ccc12)c1ccccc1Cl. The summed E-state index contributed by atoms with van der Waals surface area (Å²) in [5.74, 6) is -0.333. The molecule has 0 aromatic heterocycles. The number of hydrogen-bond acceptors (Lipinski definition) is 3. The topological polar surface area (TPSA) is 61.7 Å². The molecule has 24 heavy (non-hydrogen) atoms. The average Bonchev–Trinajstić information content (AvgIpc) is 2.57. The molecule has 2 N–H and O–H groups in total. The maximum atomic E-state index is 12.1. The zero-order chi connectivity index (χ0) is 17.1. The molecule has 3 rings (SSSR count). The molecule has 120 valence electrons. The summed E-state index contributed by atoms with van der Waals surface area (Å²) in [5.41, 5.74) is 3.28. The van der Waals surface area contributed by atoms with Crippen molar-refractivity contribution in [3.63, 3.8) is 0 Å². The van der Waals surface area contributed by atoms with Crippen molar-refractivity contribution in [2.45, 2.75) is 0 Å². The van der Waals surface area contributed by atoms with Gasteiger partial charge in [-0.3, -0.25) is 4.79 Å². The smallest absolute Gasteiger partial charge is 0.272 e. The maximum absolute atomic E-state index is 12.1. The first kappa shape index (κ1) is 16.5. The molecule has 0 spiro atoms. The first-order valence-electron chi connectivity index (χ1n) is 7.05. The number of halogens is 2. The van der Waals surface area contributed by atoms with Crippen LogP contribution in [0, 0.1) is 0 Å². The van der Waals surface area contributed by atoms with Crippen LogP contribution in [-0.2, 0) is 0 Å². The first-order valence-corrected chi connectivity index (χ1v) is 8.22. The lowest BCUT2D eigenvalue weighted by Gasteiger charge is -2.06. The van der Waals surface area contributed by atoms with Gasteiger partial charge in [-0.15, -0.1) is 0 Å². The van der Waals surface area contributed by atoms with Crippen LogP contribution in [-0.4, -0.2) is 17.2 Å². The number of aromatic hydroxyl groups is 1. The second-order valence-electron chi connectivity index (χ2n) is 5.04. The Labute approximate surface area is 151 Å². The molecule has 4 nitrogen and oxygen atoms in total. The van der Waals surface area contributed by atoms with Crippen LogP contribution in [0.1, 0.15) is 15.9 Å². The fourth-order valence-corrected chi connectivity index (χ4v) is 2.91. The summed E-state index contributed by atoms with van der Waals surface area (Å²) in [4.78, 5) is 12.1. The Bertz CT molecular complexity index is 957. The van der Waals surface area contributed by atoms with Gasteiger partial charge in [0.2, 0.25) is 0 Å². The Morgan fingerprint density at radius 1 is 1.17 bits per heavy atom. The predicted octanol–water partition coefficient (Wildman–Crippen LogP) is 4.73. The van der Waals surface area contributed by atoms with E-state index >= 15 is 0 Å². The van der Waals surface area contributed by atoms with Crippen molar-refractivity contribution < 1.29 is 9.90 Å². The molecule has 0 aliphatic rings. The monoisotopic (exact) mass is 402 g/mol. The van der Waals surface area contributed by atoms with Crippen molar-refractivity contribution in [1.82, 2.24) is 5.43 Å². The van der Waals surface area contributed by atoms with Crippen molar-refractivity contribution >= 4 is 50.4 Å². The number of rotatable bonds is 3. The number of carbonyl (C=O) groups excluding carboxylic acids is 1. The van der Waals surface area contributed by atoms with E-state index in [0.29, 0.717) is 16.1 Å². The summed E-state index contributed by atoms with van der Waals surface area (Å²) >= 11 is 9.39. The molecule has 0 saturated carbocycles. The normalized spacial score (nSPS) is 11.1. The largest absolute Gasteiger partial charge is 0.507 e. The van der Waals surface area contributed by atoms with Gasteiger partial charge < -0.3 is 5.11 Å². The van der Waals surface area contributed by atoms with E-state index in [0.717, 1.165) is 15.2 Å². The van der Waals surface area contributed by atoms with Gasteiger partial charge in [-0.1, -0.05) is 51.8 Å². The van der Waals surface area contributed by atoms with Crippen LogP contribution in [0.15, 0.2) is 64.2 Å². The Balaban J connectivity index is 1.87. The Morgan fingerprint density at radius 2 is 1.96 bits per heavy atom. The van der Waals surface area contributed by atoms with Gasteiger partial charge in [0.25, 0.3) is 5.91 Å². The van der Waals surface area contributed by atoms with Gasteiger partial charge >= 0.3 is 0 Å². The molecule has 0 fully saturated rings. The Hall–Kier alpha value is -2.37. The van der Waals surface area contributed by atoms with Crippen LogP contribution in [0.2, 0.25) is 5.02 Å². The number of hydrazone groups is 1. The van der Waals surface area contributed by atoms with Crippen LogP contribution in [0.3, 0.4) is 0 Å². The molecule has 0 heterocycles. The Morgan fingerprint density at radius 3 is 2.75 bits per heavy atom. The van der Waals surface area contributed by atoms with Crippen LogP contribution in [0.5, 0.6) is 5.75 Å². The quantitative estimate of drug-likeness (QED) is 0.491. The van der Waals surface area contributed by atoms with Gasteiger partial charge in [0.05, 0.1) is 16.8 Å². The summed E-state index contributed by atoms with van der Waals surface area (Å²) in [7, 11) is 0. The third kappa shape index (κ3) is 3.42. The molecule has 0 aliphatic heterocycles. The molecule has 0 radical (unpaired) electrons. The summed E-state index contributed by atoms with van der Waals surface area (Å²) in [5, 5.41) is 16.1. The minimum Gasteiger partial charge on any atom is -0.507 e. The highest BCUT2D eigenvalue weighted by atomic mass is 79.9. The van der Waals surface area contributed by atoms with E-state index in [1.165, 1.54) is 6.21 Å². The summed E-state index contributed by atoms with van der Waals surface area (Å²) in [6.45, 7) is 0. The maximum Gasteiger partial charge on any atom is 0.272 e. The number of carbonyl (C=O) groups is 1. The van der Waals surface area contributed by atoms with E-state index < -0.39 is 5.91 Å². The second kappa shape index (κ2) is 7.03. The molecule has 3 aromatic carbocycles. The highest BCUT2D eigenvalue weighted by Crippen LogP contribution is 2.28. The van der Waals surface area contributed by atoms with Crippen molar-refractivity contribution in [2.75, 3.05) is 0 Å². The zero-order valence-corrected chi connectivity index (χ0v) is 14.7. The molecule has 0 atom stereocenters. The standard InChI is InChI=1S/C18H12BrClN2O2/c19-12-6-7-13-11(9-12)5-8-17(23)15(13)10-21-22-18(24)14-3-1-2-4-16(14)20/h1-10,23H,(H,22,24)/b21-10-. The molecule has 1 amide bonds. The highest BCUT2D eigenvalue weighted by Gasteiger charge is 2.09. The van der Waals surface area contributed by atoms with Crippen molar-refractivity contribution in [3.05, 3.63) is 75.2 Å². The highest BCUT2D eigenvalue weighted by molar-refractivity contribution is 9.10. The fraction of sp³-hybridized carbons (Fsp3) is 0. The van der Waals surface area contributed by atoms with Crippen molar-refractivity contribution in [1.29, 1.82) is 0 Å². The molecule has 0 saturated heterocycles. The number of phenols is 1. The number of benzene rings is 3. The molecule has 0 unspecified atom stereocenters. The Kier molecular flexibility index (Phi) is 4.83. The average molecular weight is 404 g/mol. The minimum absolute atomic E-state index is 0.0839. The van der Waals surface area contributed by atoms with Gasteiger partial charge in [-0.25, -0.2) is 5.43 Å². The third-order valence-corrected chi connectivity index (χ3v) is 4.30. The van der Waals surface area contributed by atoms with Gasteiger partial charge in [0.1, 0.15) is 5.75 Å². The van der Waals surface area contributed by atoms with E-state index in [9.17, 15) is 9.90 Å². The van der Waals surface area contributed by atoms with E-state index in [2.05, 4.69) is 26.5 Å². The number of phenolic OH excluding ortho intramolecular Hbond substituents is 1. The van der Waals surface area contributed by atoms with Gasteiger partial charge in [0.15, 0.2) is 0 Å². The number of amides is 1. The summed E-state index contributed by atoms with van der Waals surface area (Å²) in [6.07, 6.45) is 1.42. The summed E-state index contributed by atoms with van der Waals surface area (Å²) in [6, 6.07) is 15.8.